The van der Waals surface area contributed by atoms with E-state index in [1.54, 1.807) is 23.1 Å². The van der Waals surface area contributed by atoms with Gasteiger partial charge in [0.25, 0.3) is 0 Å². The quantitative estimate of drug-likeness (QED) is 0.337. The van der Waals surface area contributed by atoms with Crippen molar-refractivity contribution in [2.75, 3.05) is 5.75 Å². The molecule has 2 rings (SSSR count). The minimum Gasteiger partial charge on any atom is -0.230 e. The fraction of sp³-hybridized carbons (Fsp3) is 0.526. The Bertz CT molecular complexity index is 652. The summed E-state index contributed by atoms with van der Waals surface area (Å²) in [5, 5.41) is 0. The third-order valence-corrected chi connectivity index (χ3v) is 13.1. The molecule has 23 heavy (non-hydrogen) atoms. The lowest BCUT2D eigenvalue weighted by molar-refractivity contribution is 0.838. The lowest BCUT2D eigenvalue weighted by Crippen LogP contribution is -2.43. The summed E-state index contributed by atoms with van der Waals surface area (Å²) in [6.45, 7) is 14.2. The first-order valence-electron chi connectivity index (χ1n) is 8.36. The largest absolute Gasteiger partial charge is 0.230 e. The van der Waals surface area contributed by atoms with Crippen molar-refractivity contribution in [1.29, 1.82) is 0 Å². The van der Waals surface area contributed by atoms with Crippen molar-refractivity contribution in [1.82, 2.24) is 4.98 Å². The molecule has 1 aromatic heterocycles. The van der Waals surface area contributed by atoms with Gasteiger partial charge in [0.15, 0.2) is 4.34 Å². The standard InChI is InChI=1S/C19H27NS2Si/c1-14(2)23(15(3)4,16(5)6)13-9-12-21-19-20-17-10-7-8-11-18(17)22-19/h7-8,10-11,14-16H,12H2,1-6H3. The molecule has 0 atom stereocenters. The van der Waals surface area contributed by atoms with Crippen molar-refractivity contribution in [3.63, 3.8) is 0 Å². The topological polar surface area (TPSA) is 12.9 Å². The molecule has 0 radical (unpaired) electrons. The van der Waals surface area contributed by atoms with Gasteiger partial charge in [-0.1, -0.05) is 71.4 Å². The Labute approximate surface area is 150 Å². The van der Waals surface area contributed by atoms with Gasteiger partial charge in [-0.05, 0) is 28.8 Å². The monoisotopic (exact) mass is 361 g/mol. The van der Waals surface area contributed by atoms with Crippen molar-refractivity contribution in [3.05, 3.63) is 24.3 Å². The molecule has 0 aliphatic heterocycles. The van der Waals surface area contributed by atoms with E-state index in [1.165, 1.54) is 4.70 Å². The van der Waals surface area contributed by atoms with E-state index < -0.39 is 8.07 Å². The molecule has 1 aromatic carbocycles. The molecule has 0 N–H and O–H groups in total. The van der Waals surface area contributed by atoms with Gasteiger partial charge in [0.1, 0.15) is 8.07 Å². The van der Waals surface area contributed by atoms with Crippen molar-refractivity contribution < 1.29 is 0 Å². The minimum atomic E-state index is -1.59. The maximum atomic E-state index is 4.68. The number of benzene rings is 1. The van der Waals surface area contributed by atoms with Gasteiger partial charge in [0.05, 0.1) is 16.0 Å². The number of hydrogen-bond acceptors (Lipinski definition) is 3. The summed E-state index contributed by atoms with van der Waals surface area (Å²) >= 11 is 3.55. The summed E-state index contributed by atoms with van der Waals surface area (Å²) in [5.74, 6) is 4.35. The van der Waals surface area contributed by atoms with Crippen LogP contribution in [0.4, 0.5) is 0 Å². The minimum absolute atomic E-state index is 0.697. The highest BCUT2D eigenvalue weighted by molar-refractivity contribution is 8.01. The van der Waals surface area contributed by atoms with E-state index in [-0.39, 0.29) is 0 Å². The molecule has 2 aromatic rings. The van der Waals surface area contributed by atoms with Crippen molar-refractivity contribution in [2.24, 2.45) is 0 Å². The average molecular weight is 362 g/mol. The fourth-order valence-corrected chi connectivity index (χ4v) is 10.8. The normalized spacial score (nSPS) is 12.2. The Morgan fingerprint density at radius 3 is 2.22 bits per heavy atom. The molecular weight excluding hydrogens is 334 g/mol. The number of aromatic nitrogens is 1. The fourth-order valence-electron chi connectivity index (χ4n) is 3.63. The molecule has 0 fully saturated rings. The lowest BCUT2D eigenvalue weighted by atomic mass is 10.3. The third kappa shape index (κ3) is 4.02. The highest BCUT2D eigenvalue weighted by atomic mass is 32.2. The number of nitrogens with zero attached hydrogens (tertiary/aromatic N) is 1. The van der Waals surface area contributed by atoms with Crippen molar-refractivity contribution in [2.45, 2.75) is 62.5 Å². The maximum Gasteiger partial charge on any atom is 0.152 e. The highest BCUT2D eigenvalue weighted by Crippen LogP contribution is 2.40. The van der Waals surface area contributed by atoms with Gasteiger partial charge in [-0.2, -0.15) is 0 Å². The predicted molar refractivity (Wildman–Crippen MR) is 109 cm³/mol. The Morgan fingerprint density at radius 1 is 1.04 bits per heavy atom. The molecule has 0 saturated carbocycles. The second kappa shape index (κ2) is 7.87. The summed E-state index contributed by atoms with van der Waals surface area (Å²) in [7, 11) is -1.59. The zero-order valence-corrected chi connectivity index (χ0v) is 17.6. The summed E-state index contributed by atoms with van der Waals surface area (Å²) in [6, 6.07) is 8.33. The number of thioether (sulfide) groups is 1. The van der Waals surface area contributed by atoms with E-state index in [4.69, 9.17) is 0 Å². The van der Waals surface area contributed by atoms with Crippen LogP contribution in [0.1, 0.15) is 41.5 Å². The van der Waals surface area contributed by atoms with E-state index in [0.29, 0.717) is 16.6 Å². The second-order valence-corrected chi connectivity index (χ2v) is 14.8. The molecule has 1 nitrogen and oxygen atoms in total. The summed E-state index contributed by atoms with van der Waals surface area (Å²) in [5.41, 5.74) is 6.97. The molecule has 0 aliphatic carbocycles. The SMILES string of the molecule is CC(C)[Si](C#CCSc1nc2ccccc2s1)(C(C)C)C(C)C. The molecule has 0 bridgehead atoms. The van der Waals surface area contributed by atoms with Crippen LogP contribution in [-0.2, 0) is 0 Å². The summed E-state index contributed by atoms with van der Waals surface area (Å²) in [4.78, 5) is 4.68. The van der Waals surface area contributed by atoms with E-state index in [9.17, 15) is 0 Å². The van der Waals surface area contributed by atoms with Crippen molar-refractivity contribution >= 4 is 41.4 Å². The third-order valence-electron chi connectivity index (χ3n) is 4.71. The van der Waals surface area contributed by atoms with Crippen LogP contribution in [0, 0.1) is 11.5 Å². The molecule has 124 valence electrons. The van der Waals surface area contributed by atoms with Crippen LogP contribution >= 0.6 is 23.1 Å². The van der Waals surface area contributed by atoms with Gasteiger partial charge in [0.2, 0.25) is 0 Å². The van der Waals surface area contributed by atoms with Crippen LogP contribution in [0.2, 0.25) is 16.6 Å². The van der Waals surface area contributed by atoms with Crippen LogP contribution in [0.3, 0.4) is 0 Å². The molecule has 4 heteroatoms. The van der Waals surface area contributed by atoms with Crippen LogP contribution in [-0.4, -0.2) is 18.8 Å². The van der Waals surface area contributed by atoms with Crippen LogP contribution < -0.4 is 0 Å². The Balaban J connectivity index is 2.11. The molecule has 0 unspecified atom stereocenters. The number of fused-ring (bicyclic) bond motifs is 1. The first-order chi connectivity index (χ1) is 10.9. The van der Waals surface area contributed by atoms with E-state index >= 15 is 0 Å². The van der Waals surface area contributed by atoms with Crippen molar-refractivity contribution in [3.8, 4) is 11.5 Å². The van der Waals surface area contributed by atoms with Gasteiger partial charge in [-0.3, -0.25) is 0 Å². The Morgan fingerprint density at radius 2 is 1.65 bits per heavy atom. The smallest absolute Gasteiger partial charge is 0.152 e. The average Bonchev–Trinajstić information content (AvgIpc) is 2.88. The number of hydrogen-bond donors (Lipinski definition) is 0. The van der Waals surface area contributed by atoms with Gasteiger partial charge in [-0.25, -0.2) is 4.98 Å². The first-order valence-corrected chi connectivity index (χ1v) is 12.4. The van der Waals surface area contributed by atoms with Crippen LogP contribution in [0.15, 0.2) is 28.6 Å². The molecular formula is C19H27NS2Si. The molecule has 0 amide bonds. The van der Waals surface area contributed by atoms with Gasteiger partial charge in [0, 0.05) is 0 Å². The van der Waals surface area contributed by atoms with Gasteiger partial charge >= 0.3 is 0 Å². The Kier molecular flexibility index (Phi) is 6.36. The van der Waals surface area contributed by atoms with Crippen LogP contribution in [0.25, 0.3) is 10.2 Å². The number of thiazole rings is 1. The van der Waals surface area contributed by atoms with Gasteiger partial charge < -0.3 is 0 Å². The van der Waals surface area contributed by atoms with E-state index in [1.807, 2.05) is 6.07 Å². The molecule has 1 heterocycles. The van der Waals surface area contributed by atoms with Gasteiger partial charge in [-0.15, -0.1) is 16.9 Å². The zero-order chi connectivity index (χ0) is 17.0. The molecule has 0 saturated heterocycles. The zero-order valence-electron chi connectivity index (χ0n) is 15.0. The number of rotatable bonds is 5. The predicted octanol–water partition coefficient (Wildman–Crippen LogP) is 6.61. The molecule has 0 spiro atoms. The summed E-state index contributed by atoms with van der Waals surface area (Å²) in [6.07, 6.45) is 0. The molecule has 0 aliphatic rings. The maximum absolute atomic E-state index is 4.68. The number of para-hydroxylation sites is 1. The van der Waals surface area contributed by atoms with E-state index in [0.717, 1.165) is 15.6 Å². The highest BCUT2D eigenvalue weighted by Gasteiger charge is 2.41. The van der Waals surface area contributed by atoms with Crippen LogP contribution in [0.5, 0.6) is 0 Å². The second-order valence-electron chi connectivity index (χ2n) is 6.94. The first kappa shape index (κ1) is 18.6. The Hall–Kier alpha value is -0.763. The lowest BCUT2D eigenvalue weighted by Gasteiger charge is -2.38. The van der Waals surface area contributed by atoms with E-state index in [2.05, 4.69) is 76.2 Å². The summed E-state index contributed by atoms with van der Waals surface area (Å²) < 4.78 is 2.39.